The van der Waals surface area contributed by atoms with Gasteiger partial charge in [0.1, 0.15) is 13.2 Å². The first-order valence-corrected chi connectivity index (χ1v) is 5.13. The second-order valence-electron chi connectivity index (χ2n) is 3.39. The molecule has 1 aliphatic heterocycles. The minimum absolute atomic E-state index is 0.00586. The molecular weight excluding hydrogens is 204 g/mol. The second-order valence-corrected chi connectivity index (χ2v) is 3.39. The molecule has 0 aromatic heterocycles. The summed E-state index contributed by atoms with van der Waals surface area (Å²) in [5.41, 5.74) is 0.618. The smallest absolute Gasteiger partial charge is 0.174 e. The third kappa shape index (κ3) is 2.17. The number of carbonyl (C=O) groups excluding carboxylic acids is 1. The third-order valence-electron chi connectivity index (χ3n) is 2.29. The number of benzene rings is 1. The van der Waals surface area contributed by atoms with E-state index in [0.717, 1.165) is 0 Å². The molecule has 82 valence electrons. The Morgan fingerprint density at radius 1 is 1.31 bits per heavy atom. The van der Waals surface area contributed by atoms with Crippen molar-refractivity contribution in [1.29, 1.82) is 0 Å². The van der Waals surface area contributed by atoms with Crippen LogP contribution in [0.4, 0.5) is 0 Å². The Morgan fingerprint density at radius 3 is 2.81 bits per heavy atom. The molecule has 16 heavy (non-hydrogen) atoms. The molecule has 0 radical (unpaired) electrons. The fourth-order valence-electron chi connectivity index (χ4n) is 1.49. The van der Waals surface area contributed by atoms with Crippen LogP contribution in [-0.4, -0.2) is 19.0 Å². The molecule has 1 aromatic carbocycles. The highest BCUT2D eigenvalue weighted by molar-refractivity contribution is 5.98. The van der Waals surface area contributed by atoms with Crippen molar-refractivity contribution in [2.24, 2.45) is 0 Å². The van der Waals surface area contributed by atoms with Crippen molar-refractivity contribution in [3.63, 3.8) is 0 Å². The lowest BCUT2D eigenvalue weighted by atomic mass is 10.1. The predicted octanol–water partition coefficient (Wildman–Crippen LogP) is 2.05. The van der Waals surface area contributed by atoms with E-state index >= 15 is 0 Å². The summed E-state index contributed by atoms with van der Waals surface area (Å²) in [5.74, 6) is 6.80. The highest BCUT2D eigenvalue weighted by atomic mass is 16.6. The lowest BCUT2D eigenvalue weighted by Crippen LogP contribution is -2.15. The van der Waals surface area contributed by atoms with Crippen molar-refractivity contribution in [2.45, 2.75) is 13.3 Å². The number of ketones is 1. The van der Waals surface area contributed by atoms with Gasteiger partial charge in [0.2, 0.25) is 0 Å². The lowest BCUT2D eigenvalue weighted by molar-refractivity contribution is 0.0997. The Kier molecular flexibility index (Phi) is 3.11. The molecule has 0 aliphatic carbocycles. The van der Waals surface area contributed by atoms with Gasteiger partial charge in [-0.25, -0.2) is 0 Å². The molecule has 0 N–H and O–H groups in total. The normalized spacial score (nSPS) is 12.6. The van der Waals surface area contributed by atoms with Gasteiger partial charge in [-0.1, -0.05) is 5.92 Å². The Morgan fingerprint density at radius 2 is 2.06 bits per heavy atom. The number of carbonyl (C=O) groups is 1. The average Bonchev–Trinajstić information content (AvgIpc) is 2.35. The highest BCUT2D eigenvalue weighted by Crippen LogP contribution is 2.30. The van der Waals surface area contributed by atoms with E-state index in [1.807, 2.05) is 0 Å². The zero-order valence-electron chi connectivity index (χ0n) is 9.08. The summed E-state index contributed by atoms with van der Waals surface area (Å²) in [4.78, 5) is 11.7. The van der Waals surface area contributed by atoms with E-state index in [1.54, 1.807) is 25.1 Å². The summed E-state index contributed by atoms with van der Waals surface area (Å²) >= 11 is 0. The Balaban J connectivity index is 2.21. The zero-order chi connectivity index (χ0) is 11.4. The first-order valence-electron chi connectivity index (χ1n) is 5.13. The summed E-state index contributed by atoms with van der Waals surface area (Å²) in [6, 6.07) is 5.22. The molecule has 0 unspecified atom stereocenters. The molecule has 1 heterocycles. The molecule has 0 atom stereocenters. The average molecular weight is 216 g/mol. The fraction of sp³-hybridized carbons (Fsp3) is 0.308. The summed E-state index contributed by atoms with van der Waals surface area (Å²) in [6.45, 7) is 2.80. The fourth-order valence-corrected chi connectivity index (χ4v) is 1.49. The van der Waals surface area contributed by atoms with E-state index in [0.29, 0.717) is 30.3 Å². The Bertz CT molecular complexity index is 466. The van der Waals surface area contributed by atoms with E-state index in [2.05, 4.69) is 11.8 Å². The van der Waals surface area contributed by atoms with E-state index < -0.39 is 0 Å². The molecule has 0 amide bonds. The maximum absolute atomic E-state index is 11.7. The minimum Gasteiger partial charge on any atom is -0.486 e. The van der Waals surface area contributed by atoms with Gasteiger partial charge < -0.3 is 9.47 Å². The first-order chi connectivity index (χ1) is 7.81. The molecule has 0 saturated heterocycles. The van der Waals surface area contributed by atoms with Crippen LogP contribution in [-0.2, 0) is 0 Å². The standard InChI is InChI=1S/C13H12O3/c1-2-3-4-11(14)10-5-6-12-13(9-10)16-8-7-15-12/h5-6,9H,4,7-8H2,1H3. The highest BCUT2D eigenvalue weighted by Gasteiger charge is 2.14. The molecule has 0 bridgehead atoms. The number of hydrogen-bond donors (Lipinski definition) is 0. The van der Waals surface area contributed by atoms with Crippen LogP contribution < -0.4 is 9.47 Å². The monoisotopic (exact) mass is 216 g/mol. The molecule has 0 fully saturated rings. The lowest BCUT2D eigenvalue weighted by Gasteiger charge is -2.18. The second kappa shape index (κ2) is 4.71. The van der Waals surface area contributed by atoms with Crippen LogP contribution in [0.2, 0.25) is 0 Å². The van der Waals surface area contributed by atoms with Crippen LogP contribution in [0.3, 0.4) is 0 Å². The Hall–Kier alpha value is -1.95. The van der Waals surface area contributed by atoms with Gasteiger partial charge in [-0.05, 0) is 25.1 Å². The van der Waals surface area contributed by atoms with Gasteiger partial charge in [-0.15, -0.1) is 5.92 Å². The van der Waals surface area contributed by atoms with Gasteiger partial charge in [0, 0.05) is 5.56 Å². The molecule has 1 aromatic rings. The molecule has 3 nitrogen and oxygen atoms in total. The summed E-state index contributed by atoms with van der Waals surface area (Å²) in [5, 5.41) is 0. The van der Waals surface area contributed by atoms with Gasteiger partial charge in [0.15, 0.2) is 17.3 Å². The molecule has 3 heteroatoms. The maximum Gasteiger partial charge on any atom is 0.174 e. The summed E-state index contributed by atoms with van der Waals surface area (Å²) in [6.07, 6.45) is 0.246. The Labute approximate surface area is 94.4 Å². The largest absolute Gasteiger partial charge is 0.486 e. The van der Waals surface area contributed by atoms with Gasteiger partial charge in [0.25, 0.3) is 0 Å². The van der Waals surface area contributed by atoms with Crippen molar-refractivity contribution in [3.05, 3.63) is 23.8 Å². The quantitative estimate of drug-likeness (QED) is 0.560. The van der Waals surface area contributed by atoms with Crippen molar-refractivity contribution in [3.8, 4) is 23.3 Å². The number of hydrogen-bond acceptors (Lipinski definition) is 3. The SMILES string of the molecule is CC#CCC(=O)c1ccc2c(c1)OCCO2. The number of ether oxygens (including phenoxy) is 2. The van der Waals surface area contributed by atoms with E-state index in [9.17, 15) is 4.79 Å². The minimum atomic E-state index is 0.00586. The van der Waals surface area contributed by atoms with Crippen LogP contribution in [0.25, 0.3) is 0 Å². The van der Waals surface area contributed by atoms with E-state index in [-0.39, 0.29) is 12.2 Å². The van der Waals surface area contributed by atoms with Crippen LogP contribution in [0, 0.1) is 11.8 Å². The van der Waals surface area contributed by atoms with Gasteiger partial charge in [-0.3, -0.25) is 4.79 Å². The predicted molar refractivity (Wildman–Crippen MR) is 59.8 cm³/mol. The van der Waals surface area contributed by atoms with Crippen molar-refractivity contribution in [2.75, 3.05) is 13.2 Å². The number of fused-ring (bicyclic) bond motifs is 1. The number of Topliss-reactive ketones (excluding diaryl/α,β-unsaturated/α-hetero) is 1. The zero-order valence-corrected chi connectivity index (χ0v) is 9.08. The van der Waals surface area contributed by atoms with Crippen molar-refractivity contribution in [1.82, 2.24) is 0 Å². The first kappa shape index (κ1) is 10.6. The molecular formula is C13H12O3. The summed E-state index contributed by atoms with van der Waals surface area (Å²) in [7, 11) is 0. The van der Waals surface area contributed by atoms with Gasteiger partial charge >= 0.3 is 0 Å². The van der Waals surface area contributed by atoms with E-state index in [4.69, 9.17) is 9.47 Å². The molecule has 0 saturated carbocycles. The van der Waals surface area contributed by atoms with E-state index in [1.165, 1.54) is 0 Å². The molecule has 0 spiro atoms. The maximum atomic E-state index is 11.7. The third-order valence-corrected chi connectivity index (χ3v) is 2.29. The van der Waals surface area contributed by atoms with Crippen molar-refractivity contribution >= 4 is 5.78 Å². The van der Waals surface area contributed by atoms with Crippen LogP contribution in [0.15, 0.2) is 18.2 Å². The summed E-state index contributed by atoms with van der Waals surface area (Å²) < 4.78 is 10.8. The van der Waals surface area contributed by atoms with Crippen LogP contribution in [0.1, 0.15) is 23.7 Å². The molecule has 2 rings (SSSR count). The van der Waals surface area contributed by atoms with Gasteiger partial charge in [0.05, 0.1) is 6.42 Å². The number of rotatable bonds is 2. The van der Waals surface area contributed by atoms with Crippen molar-refractivity contribution < 1.29 is 14.3 Å². The topological polar surface area (TPSA) is 35.5 Å². The van der Waals surface area contributed by atoms with Crippen LogP contribution in [0.5, 0.6) is 11.5 Å². The van der Waals surface area contributed by atoms with Gasteiger partial charge in [-0.2, -0.15) is 0 Å². The molecule has 1 aliphatic rings. The van der Waals surface area contributed by atoms with Crippen LogP contribution >= 0.6 is 0 Å².